The molecule has 1 N–H and O–H groups in total. The third kappa shape index (κ3) is 5.17. The SMILES string of the molecule is C=C(C)[C@@H]1CCC(C)(C)C[C@@]1(O)C(=C)CCO[Si](c1ccccc1)(c1ccccc1)C(C)(C)C. The van der Waals surface area contributed by atoms with Crippen molar-refractivity contribution in [3.05, 3.63) is 85.0 Å². The van der Waals surface area contributed by atoms with Gasteiger partial charge in [-0.15, -0.1) is 0 Å². The maximum Gasteiger partial charge on any atom is 0.261 e. The van der Waals surface area contributed by atoms with Crippen molar-refractivity contribution in [3.8, 4) is 0 Å². The predicted octanol–water partition coefficient (Wildman–Crippen LogP) is 6.64. The molecular weight excluding hydrogens is 432 g/mol. The Morgan fingerprint density at radius 2 is 1.50 bits per heavy atom. The van der Waals surface area contributed by atoms with Gasteiger partial charge in [0, 0.05) is 12.5 Å². The molecule has 0 saturated heterocycles. The van der Waals surface area contributed by atoms with Crippen molar-refractivity contribution in [2.75, 3.05) is 6.61 Å². The van der Waals surface area contributed by atoms with Crippen LogP contribution in [0.2, 0.25) is 5.04 Å². The lowest BCUT2D eigenvalue weighted by atomic mass is 9.60. The lowest BCUT2D eigenvalue weighted by Crippen LogP contribution is -2.66. The maximum atomic E-state index is 11.9. The summed E-state index contributed by atoms with van der Waals surface area (Å²) >= 11 is 0. The smallest absolute Gasteiger partial charge is 0.261 e. The van der Waals surface area contributed by atoms with Crippen molar-refractivity contribution in [3.63, 3.8) is 0 Å². The molecule has 2 aromatic rings. The van der Waals surface area contributed by atoms with Crippen molar-refractivity contribution < 1.29 is 9.53 Å². The van der Waals surface area contributed by atoms with Crippen LogP contribution in [0.1, 0.15) is 67.2 Å². The molecule has 3 rings (SSSR count). The van der Waals surface area contributed by atoms with Crippen LogP contribution in [0.4, 0.5) is 0 Å². The van der Waals surface area contributed by atoms with E-state index in [1.807, 2.05) is 6.92 Å². The average molecular weight is 477 g/mol. The molecule has 0 unspecified atom stereocenters. The van der Waals surface area contributed by atoms with Crippen LogP contribution in [0.25, 0.3) is 0 Å². The molecule has 0 bridgehead atoms. The molecule has 0 amide bonds. The van der Waals surface area contributed by atoms with E-state index in [0.29, 0.717) is 13.0 Å². The van der Waals surface area contributed by atoms with E-state index >= 15 is 0 Å². The first-order chi connectivity index (χ1) is 15.8. The highest BCUT2D eigenvalue weighted by atomic mass is 28.4. The molecule has 1 fully saturated rings. The molecule has 2 nitrogen and oxygen atoms in total. The second kappa shape index (κ2) is 9.97. The molecule has 0 spiro atoms. The Morgan fingerprint density at radius 3 is 1.94 bits per heavy atom. The number of rotatable bonds is 8. The van der Waals surface area contributed by atoms with E-state index < -0.39 is 13.9 Å². The zero-order valence-corrected chi connectivity index (χ0v) is 23.2. The first-order valence-corrected chi connectivity index (χ1v) is 14.6. The van der Waals surface area contributed by atoms with Gasteiger partial charge in [0.05, 0.1) is 5.60 Å². The molecule has 34 heavy (non-hydrogen) atoms. The van der Waals surface area contributed by atoms with Crippen molar-refractivity contribution in [2.45, 2.75) is 77.9 Å². The van der Waals surface area contributed by atoms with Crippen molar-refractivity contribution >= 4 is 18.7 Å². The van der Waals surface area contributed by atoms with Gasteiger partial charge in [-0.3, -0.25) is 0 Å². The Labute approximate surface area is 208 Å². The van der Waals surface area contributed by atoms with E-state index in [0.717, 1.165) is 30.4 Å². The van der Waals surface area contributed by atoms with Gasteiger partial charge in [0.2, 0.25) is 0 Å². The summed E-state index contributed by atoms with van der Waals surface area (Å²) in [6, 6.07) is 21.4. The zero-order valence-electron chi connectivity index (χ0n) is 22.2. The van der Waals surface area contributed by atoms with E-state index in [4.69, 9.17) is 4.43 Å². The van der Waals surface area contributed by atoms with E-state index in [2.05, 4.69) is 108 Å². The van der Waals surface area contributed by atoms with Crippen LogP contribution in [-0.4, -0.2) is 25.6 Å². The molecular formula is C31H44O2Si. The molecule has 3 heteroatoms. The molecule has 184 valence electrons. The highest BCUT2D eigenvalue weighted by Crippen LogP contribution is 2.50. The van der Waals surface area contributed by atoms with Gasteiger partial charge in [-0.05, 0) is 59.0 Å². The lowest BCUT2D eigenvalue weighted by molar-refractivity contribution is -0.0464. The Bertz CT molecular complexity index is 948. The average Bonchev–Trinajstić information content (AvgIpc) is 2.76. The molecule has 1 aliphatic rings. The molecule has 1 aliphatic carbocycles. The van der Waals surface area contributed by atoms with Crippen molar-refractivity contribution in [1.29, 1.82) is 0 Å². The number of benzene rings is 2. The topological polar surface area (TPSA) is 29.5 Å². The number of hydrogen-bond acceptors (Lipinski definition) is 2. The zero-order chi connectivity index (χ0) is 25.2. The minimum atomic E-state index is -2.60. The Kier molecular flexibility index (Phi) is 7.81. The normalized spacial score (nSPS) is 22.9. The maximum absolute atomic E-state index is 11.9. The quantitative estimate of drug-likeness (QED) is 0.342. The van der Waals surface area contributed by atoms with Crippen molar-refractivity contribution in [2.24, 2.45) is 11.3 Å². The lowest BCUT2D eigenvalue weighted by Gasteiger charge is -2.49. The third-order valence-electron chi connectivity index (χ3n) is 7.78. The van der Waals surface area contributed by atoms with Crippen LogP contribution < -0.4 is 10.4 Å². The number of aliphatic hydroxyl groups is 1. The van der Waals surface area contributed by atoms with Crippen LogP contribution in [0.5, 0.6) is 0 Å². The highest BCUT2D eigenvalue weighted by Gasteiger charge is 2.51. The fraction of sp³-hybridized carbons (Fsp3) is 0.484. The minimum Gasteiger partial charge on any atom is -0.407 e. The van der Waals surface area contributed by atoms with Gasteiger partial charge in [-0.1, -0.05) is 114 Å². The van der Waals surface area contributed by atoms with Crippen molar-refractivity contribution in [1.82, 2.24) is 0 Å². The number of hydrogen-bond donors (Lipinski definition) is 1. The second-order valence-corrected chi connectivity index (χ2v) is 16.4. The van der Waals surface area contributed by atoms with Crippen LogP contribution >= 0.6 is 0 Å². The first kappa shape index (κ1) is 26.7. The monoisotopic (exact) mass is 476 g/mol. The van der Waals surface area contributed by atoms with E-state index in [1.54, 1.807) is 0 Å². The van der Waals surface area contributed by atoms with E-state index in [1.165, 1.54) is 10.4 Å². The van der Waals surface area contributed by atoms with Gasteiger partial charge in [-0.25, -0.2) is 0 Å². The summed E-state index contributed by atoms with van der Waals surface area (Å²) in [5.41, 5.74) is 1.09. The van der Waals surface area contributed by atoms with Gasteiger partial charge >= 0.3 is 0 Å². The summed E-state index contributed by atoms with van der Waals surface area (Å²) < 4.78 is 7.07. The molecule has 1 saturated carbocycles. The minimum absolute atomic E-state index is 0.0564. The predicted molar refractivity (Wildman–Crippen MR) is 148 cm³/mol. The molecule has 0 heterocycles. The molecule has 0 aromatic heterocycles. The standard InChI is InChI=1S/C31H44O2Si/c1-24(2)28-19-21-30(7,8)23-31(28,32)25(3)20-22-33-34(29(4,5)6,26-15-11-9-12-16-26)27-17-13-10-14-18-27/h9-18,28,32H,1,3,19-23H2,2,4-8H3/t28-,31+/m0/s1. The van der Waals surface area contributed by atoms with Crippen LogP contribution in [0.15, 0.2) is 85.0 Å². The van der Waals surface area contributed by atoms with Gasteiger partial charge in [0.1, 0.15) is 0 Å². The Balaban J connectivity index is 1.92. The summed E-state index contributed by atoms with van der Waals surface area (Å²) in [4.78, 5) is 0. The van der Waals surface area contributed by atoms with Crippen LogP contribution in [-0.2, 0) is 4.43 Å². The van der Waals surface area contributed by atoms with Gasteiger partial charge in [0.25, 0.3) is 8.32 Å². The molecule has 2 atom stereocenters. The van der Waals surface area contributed by atoms with Crippen LogP contribution in [0, 0.1) is 11.3 Å². The summed E-state index contributed by atoms with van der Waals surface area (Å²) in [5, 5.41) is 14.4. The van der Waals surface area contributed by atoms with E-state index in [9.17, 15) is 5.11 Å². The Hall–Kier alpha value is -1.94. The van der Waals surface area contributed by atoms with Gasteiger partial charge in [-0.2, -0.15) is 0 Å². The second-order valence-electron chi connectivity index (χ2n) is 12.1. The summed E-state index contributed by atoms with van der Waals surface area (Å²) in [5.74, 6) is 0.0564. The van der Waals surface area contributed by atoms with Gasteiger partial charge in [0.15, 0.2) is 0 Å². The fourth-order valence-electron chi connectivity index (χ4n) is 6.05. The summed E-state index contributed by atoms with van der Waals surface area (Å²) in [6.45, 7) is 22.6. The molecule has 0 aliphatic heterocycles. The Morgan fingerprint density at radius 1 is 1.00 bits per heavy atom. The summed E-state index contributed by atoms with van der Waals surface area (Å²) in [7, 11) is -2.60. The summed E-state index contributed by atoms with van der Waals surface area (Å²) in [6.07, 6.45) is 3.41. The third-order valence-corrected chi connectivity index (χ3v) is 12.8. The molecule has 2 aromatic carbocycles. The van der Waals surface area contributed by atoms with Gasteiger partial charge < -0.3 is 9.53 Å². The largest absolute Gasteiger partial charge is 0.407 e. The van der Waals surface area contributed by atoms with E-state index in [-0.39, 0.29) is 16.4 Å². The first-order valence-electron chi connectivity index (χ1n) is 12.6. The van der Waals surface area contributed by atoms with Crippen LogP contribution in [0.3, 0.4) is 0 Å². The fourth-order valence-corrected chi connectivity index (χ4v) is 10.6. The molecule has 0 radical (unpaired) electrons. The highest BCUT2D eigenvalue weighted by molar-refractivity contribution is 6.99.